The Labute approximate surface area is 120 Å². The van der Waals surface area contributed by atoms with Gasteiger partial charge in [-0.3, -0.25) is 9.67 Å². The van der Waals surface area contributed by atoms with Crippen molar-refractivity contribution in [3.8, 4) is 5.75 Å². The predicted octanol–water partition coefficient (Wildman–Crippen LogP) is 2.31. The average molecular weight is 274 g/mol. The van der Waals surface area contributed by atoms with Gasteiger partial charge in [-0.15, -0.1) is 0 Å². The van der Waals surface area contributed by atoms with E-state index in [1.807, 2.05) is 17.1 Å². The fourth-order valence-electron chi connectivity index (χ4n) is 2.44. The fourth-order valence-corrected chi connectivity index (χ4v) is 2.44. The molecule has 5 nitrogen and oxygen atoms in total. The summed E-state index contributed by atoms with van der Waals surface area (Å²) in [7, 11) is 1.68. The van der Waals surface area contributed by atoms with E-state index in [4.69, 9.17) is 4.74 Å². The zero-order valence-corrected chi connectivity index (χ0v) is 12.6. The lowest BCUT2D eigenvalue weighted by Crippen LogP contribution is -2.26. The minimum Gasteiger partial charge on any atom is -0.493 e. The van der Waals surface area contributed by atoms with Gasteiger partial charge in [0, 0.05) is 18.9 Å². The van der Waals surface area contributed by atoms with Gasteiger partial charge in [-0.05, 0) is 37.6 Å². The maximum atomic E-state index is 5.48. The second-order valence-electron chi connectivity index (χ2n) is 4.64. The van der Waals surface area contributed by atoms with Crippen LogP contribution in [0.15, 0.2) is 24.7 Å². The van der Waals surface area contributed by atoms with Gasteiger partial charge in [-0.2, -0.15) is 5.10 Å². The zero-order valence-electron chi connectivity index (χ0n) is 12.6. The normalized spacial score (nSPS) is 12.4. The molecule has 108 valence electrons. The van der Waals surface area contributed by atoms with Crippen LogP contribution >= 0.6 is 0 Å². The average Bonchev–Trinajstić information content (AvgIpc) is 2.88. The summed E-state index contributed by atoms with van der Waals surface area (Å²) in [5.74, 6) is 0.814. The minimum absolute atomic E-state index is 0.0559. The summed E-state index contributed by atoms with van der Waals surface area (Å²) in [6, 6.07) is 2.11. The molecule has 0 saturated carbocycles. The van der Waals surface area contributed by atoms with Gasteiger partial charge in [-0.25, -0.2) is 0 Å². The van der Waals surface area contributed by atoms with E-state index in [1.165, 1.54) is 5.56 Å². The maximum absolute atomic E-state index is 5.48. The molecule has 0 radical (unpaired) electrons. The van der Waals surface area contributed by atoms with Gasteiger partial charge in [0.25, 0.3) is 0 Å². The van der Waals surface area contributed by atoms with Crippen molar-refractivity contribution in [3.63, 3.8) is 0 Å². The molecule has 0 saturated heterocycles. The van der Waals surface area contributed by atoms with E-state index in [1.54, 1.807) is 13.3 Å². The van der Waals surface area contributed by atoms with Gasteiger partial charge in [0.1, 0.15) is 5.69 Å². The van der Waals surface area contributed by atoms with Gasteiger partial charge >= 0.3 is 0 Å². The Bertz CT molecular complexity index is 543. The summed E-state index contributed by atoms with van der Waals surface area (Å²) in [4.78, 5) is 4.17. The highest BCUT2D eigenvalue weighted by Gasteiger charge is 2.23. The second-order valence-corrected chi connectivity index (χ2v) is 4.64. The van der Waals surface area contributed by atoms with E-state index < -0.39 is 0 Å². The third kappa shape index (κ3) is 2.67. The molecule has 0 aromatic carbocycles. The number of pyridine rings is 1. The minimum atomic E-state index is 0.0559. The summed E-state index contributed by atoms with van der Waals surface area (Å²) in [5, 5.41) is 7.92. The lowest BCUT2D eigenvalue weighted by atomic mass is 10.00. The van der Waals surface area contributed by atoms with Crippen LogP contribution in [-0.2, 0) is 6.54 Å². The second kappa shape index (κ2) is 6.52. The SMILES string of the molecule is CCNC(c1ccncc1C)c1c(OC)cnn1CC. The molecular formula is C15H22N4O. The molecule has 0 bridgehead atoms. The van der Waals surface area contributed by atoms with Crippen LogP contribution in [-0.4, -0.2) is 28.4 Å². The largest absolute Gasteiger partial charge is 0.493 e. The van der Waals surface area contributed by atoms with Gasteiger partial charge in [0.05, 0.1) is 19.3 Å². The number of aromatic nitrogens is 3. The molecule has 2 heterocycles. The number of methoxy groups -OCH3 is 1. The first-order valence-electron chi connectivity index (χ1n) is 6.96. The third-order valence-corrected chi connectivity index (χ3v) is 3.42. The molecule has 0 aliphatic carbocycles. The molecule has 5 heteroatoms. The van der Waals surface area contributed by atoms with Gasteiger partial charge in [0.15, 0.2) is 5.75 Å². The smallest absolute Gasteiger partial charge is 0.161 e. The summed E-state index contributed by atoms with van der Waals surface area (Å²) < 4.78 is 7.46. The molecule has 0 aliphatic rings. The lowest BCUT2D eigenvalue weighted by Gasteiger charge is -2.22. The Hall–Kier alpha value is -1.88. The zero-order chi connectivity index (χ0) is 14.5. The number of hydrogen-bond acceptors (Lipinski definition) is 4. The fraction of sp³-hybridized carbons (Fsp3) is 0.467. The van der Waals surface area contributed by atoms with E-state index in [9.17, 15) is 0 Å². The molecule has 20 heavy (non-hydrogen) atoms. The van der Waals surface area contributed by atoms with Gasteiger partial charge in [-0.1, -0.05) is 6.92 Å². The van der Waals surface area contributed by atoms with Crippen molar-refractivity contribution in [2.24, 2.45) is 0 Å². The van der Waals surface area contributed by atoms with Gasteiger partial charge in [0.2, 0.25) is 0 Å². The molecule has 0 fully saturated rings. The Morgan fingerprint density at radius 1 is 1.35 bits per heavy atom. The molecule has 1 atom stereocenters. The highest BCUT2D eigenvalue weighted by atomic mass is 16.5. The Balaban J connectivity index is 2.54. The van der Waals surface area contributed by atoms with Crippen molar-refractivity contribution in [1.29, 1.82) is 0 Å². The molecule has 2 rings (SSSR count). The molecule has 0 amide bonds. The molecule has 2 aromatic heterocycles. The van der Waals surface area contributed by atoms with Crippen molar-refractivity contribution >= 4 is 0 Å². The Kier molecular flexibility index (Phi) is 4.74. The van der Waals surface area contributed by atoms with Crippen LogP contribution in [0.5, 0.6) is 5.75 Å². The van der Waals surface area contributed by atoms with Crippen molar-refractivity contribution in [1.82, 2.24) is 20.1 Å². The van der Waals surface area contributed by atoms with Gasteiger partial charge < -0.3 is 10.1 Å². The van der Waals surface area contributed by atoms with Crippen LogP contribution in [0.25, 0.3) is 0 Å². The highest BCUT2D eigenvalue weighted by Crippen LogP contribution is 2.31. The summed E-state index contributed by atoms with van der Waals surface area (Å²) in [6.45, 7) is 7.93. The third-order valence-electron chi connectivity index (χ3n) is 3.42. The number of nitrogens with one attached hydrogen (secondary N) is 1. The summed E-state index contributed by atoms with van der Waals surface area (Å²) in [5.41, 5.74) is 3.42. The lowest BCUT2D eigenvalue weighted by molar-refractivity contribution is 0.399. The topological polar surface area (TPSA) is 52.0 Å². The molecule has 1 N–H and O–H groups in total. The summed E-state index contributed by atoms with van der Waals surface area (Å²) in [6.07, 6.45) is 5.49. The standard InChI is InChI=1S/C15H22N4O/c1-5-17-14(12-7-8-16-9-11(12)3)15-13(20-4)10-18-19(15)6-2/h7-10,14,17H,5-6H2,1-4H3. The van der Waals surface area contributed by atoms with Crippen molar-refractivity contribution in [3.05, 3.63) is 41.5 Å². The van der Waals surface area contributed by atoms with Crippen LogP contribution in [0.3, 0.4) is 0 Å². The molecule has 1 unspecified atom stereocenters. The number of ether oxygens (including phenoxy) is 1. The van der Waals surface area contributed by atoms with E-state index in [0.717, 1.165) is 30.1 Å². The van der Waals surface area contributed by atoms with Crippen LogP contribution in [0.4, 0.5) is 0 Å². The Morgan fingerprint density at radius 3 is 2.75 bits per heavy atom. The number of nitrogens with zero attached hydrogens (tertiary/aromatic N) is 3. The first-order valence-corrected chi connectivity index (χ1v) is 6.96. The molecular weight excluding hydrogens is 252 g/mol. The molecule has 2 aromatic rings. The van der Waals surface area contributed by atoms with E-state index >= 15 is 0 Å². The number of hydrogen-bond donors (Lipinski definition) is 1. The quantitative estimate of drug-likeness (QED) is 0.878. The van der Waals surface area contributed by atoms with E-state index in [-0.39, 0.29) is 6.04 Å². The van der Waals surface area contributed by atoms with E-state index in [2.05, 4.69) is 42.2 Å². The first-order chi connectivity index (χ1) is 9.72. The van der Waals surface area contributed by atoms with Crippen LogP contribution in [0, 0.1) is 6.92 Å². The predicted molar refractivity (Wildman–Crippen MR) is 78.9 cm³/mol. The van der Waals surface area contributed by atoms with Crippen LogP contribution in [0.1, 0.15) is 36.7 Å². The maximum Gasteiger partial charge on any atom is 0.161 e. The Morgan fingerprint density at radius 2 is 2.15 bits per heavy atom. The number of aryl methyl sites for hydroxylation is 2. The summed E-state index contributed by atoms with van der Waals surface area (Å²) >= 11 is 0. The molecule has 0 aliphatic heterocycles. The van der Waals surface area contributed by atoms with Crippen molar-refractivity contribution in [2.75, 3.05) is 13.7 Å². The first kappa shape index (κ1) is 14.5. The van der Waals surface area contributed by atoms with E-state index in [0.29, 0.717) is 0 Å². The van der Waals surface area contributed by atoms with Crippen LogP contribution < -0.4 is 10.1 Å². The molecule has 0 spiro atoms. The number of rotatable bonds is 6. The van der Waals surface area contributed by atoms with Crippen molar-refractivity contribution < 1.29 is 4.74 Å². The van der Waals surface area contributed by atoms with Crippen molar-refractivity contribution in [2.45, 2.75) is 33.4 Å². The monoisotopic (exact) mass is 274 g/mol. The highest BCUT2D eigenvalue weighted by molar-refractivity contribution is 5.38. The van der Waals surface area contributed by atoms with Crippen LogP contribution in [0.2, 0.25) is 0 Å².